The molecule has 104 valence electrons. The third-order valence-electron chi connectivity index (χ3n) is 2.93. The Morgan fingerprint density at radius 1 is 1.38 bits per heavy atom. The number of imidazole rings is 1. The summed E-state index contributed by atoms with van der Waals surface area (Å²) < 4.78 is 20.9. The van der Waals surface area contributed by atoms with Crippen LogP contribution in [0.15, 0.2) is 36.9 Å². The van der Waals surface area contributed by atoms with Gasteiger partial charge < -0.3 is 4.74 Å². The van der Waals surface area contributed by atoms with E-state index in [9.17, 15) is 4.39 Å². The number of aromatic nitrogens is 3. The van der Waals surface area contributed by atoms with Crippen molar-refractivity contribution in [1.29, 1.82) is 5.26 Å². The van der Waals surface area contributed by atoms with Gasteiger partial charge in [0.1, 0.15) is 6.07 Å². The number of nitrogens with zero attached hydrogens (tertiary/aromatic N) is 4. The van der Waals surface area contributed by atoms with Crippen molar-refractivity contribution in [3.63, 3.8) is 0 Å². The molecule has 0 radical (unpaired) electrons. The van der Waals surface area contributed by atoms with Gasteiger partial charge in [-0.05, 0) is 12.1 Å². The van der Waals surface area contributed by atoms with Crippen LogP contribution in [0.3, 0.4) is 0 Å². The Labute approximate surface area is 124 Å². The number of hydrogen-bond acceptors (Lipinski definition) is 4. The zero-order chi connectivity index (χ0) is 14.8. The molecule has 3 aromatic rings. The molecule has 0 fully saturated rings. The Hall–Kier alpha value is -2.65. The highest BCUT2D eigenvalue weighted by Crippen LogP contribution is 2.34. The summed E-state index contributed by atoms with van der Waals surface area (Å²) in [5.41, 5.74) is 1.76. The van der Waals surface area contributed by atoms with Gasteiger partial charge in [-0.3, -0.25) is 9.38 Å². The van der Waals surface area contributed by atoms with E-state index in [-0.39, 0.29) is 17.4 Å². The predicted octanol–water partition coefficient (Wildman–Crippen LogP) is 3.09. The first-order chi connectivity index (χ1) is 10.2. The number of ether oxygens (including phenoxy) is 1. The zero-order valence-corrected chi connectivity index (χ0v) is 11.4. The fraction of sp³-hybridized carbons (Fsp3) is 0.0714. The summed E-state index contributed by atoms with van der Waals surface area (Å²) in [6.45, 7) is -0.242. The van der Waals surface area contributed by atoms with Crippen LogP contribution in [0.1, 0.15) is 0 Å². The van der Waals surface area contributed by atoms with Crippen molar-refractivity contribution in [2.24, 2.45) is 0 Å². The molecule has 0 aliphatic carbocycles. The van der Waals surface area contributed by atoms with Crippen LogP contribution in [0, 0.1) is 17.1 Å². The van der Waals surface area contributed by atoms with E-state index in [4.69, 9.17) is 21.6 Å². The van der Waals surface area contributed by atoms with Crippen LogP contribution in [-0.2, 0) is 0 Å². The maximum atomic E-state index is 14.2. The molecule has 3 rings (SSSR count). The van der Waals surface area contributed by atoms with Crippen LogP contribution in [-0.4, -0.2) is 21.0 Å². The molecule has 1 aromatic carbocycles. The van der Waals surface area contributed by atoms with Crippen LogP contribution in [0.25, 0.3) is 16.9 Å². The van der Waals surface area contributed by atoms with E-state index in [0.717, 1.165) is 0 Å². The van der Waals surface area contributed by atoms with Crippen molar-refractivity contribution >= 4 is 17.2 Å². The summed E-state index contributed by atoms with van der Waals surface area (Å²) >= 11 is 6.07. The Morgan fingerprint density at radius 2 is 2.24 bits per heavy atom. The number of fused-ring (bicyclic) bond motifs is 1. The number of nitriles is 1. The molecular formula is C14H8ClFN4O. The Morgan fingerprint density at radius 3 is 3.05 bits per heavy atom. The molecule has 5 nitrogen and oxygen atoms in total. The third kappa shape index (κ3) is 2.28. The van der Waals surface area contributed by atoms with Crippen LogP contribution in [0.2, 0.25) is 5.02 Å². The summed E-state index contributed by atoms with van der Waals surface area (Å²) in [7, 11) is 0. The average Bonchev–Trinajstić information content (AvgIpc) is 2.93. The predicted molar refractivity (Wildman–Crippen MR) is 74.5 cm³/mol. The van der Waals surface area contributed by atoms with Crippen molar-refractivity contribution in [2.75, 3.05) is 6.61 Å². The fourth-order valence-electron chi connectivity index (χ4n) is 1.99. The summed E-state index contributed by atoms with van der Waals surface area (Å²) in [5, 5.41) is 8.38. The molecule has 0 saturated heterocycles. The molecule has 2 heterocycles. The minimum Gasteiger partial charge on any atom is -0.476 e. The fourth-order valence-corrected chi connectivity index (χ4v) is 2.25. The molecule has 2 aromatic heterocycles. The van der Waals surface area contributed by atoms with E-state index < -0.39 is 5.82 Å². The second-order valence-electron chi connectivity index (χ2n) is 4.13. The van der Waals surface area contributed by atoms with Crippen LogP contribution in [0.5, 0.6) is 5.75 Å². The van der Waals surface area contributed by atoms with Gasteiger partial charge in [-0.15, -0.1) is 0 Å². The second-order valence-corrected chi connectivity index (χ2v) is 4.51. The van der Waals surface area contributed by atoms with Gasteiger partial charge in [-0.2, -0.15) is 5.26 Å². The van der Waals surface area contributed by atoms with Gasteiger partial charge in [0.05, 0.1) is 23.1 Å². The van der Waals surface area contributed by atoms with Crippen molar-refractivity contribution in [2.45, 2.75) is 0 Å². The normalized spacial score (nSPS) is 10.5. The van der Waals surface area contributed by atoms with E-state index in [2.05, 4.69) is 9.97 Å². The number of halogens is 2. The number of benzene rings is 1. The lowest BCUT2D eigenvalue weighted by atomic mass is 10.1. The van der Waals surface area contributed by atoms with Gasteiger partial charge in [0.15, 0.2) is 23.8 Å². The Balaban J connectivity index is 2.11. The van der Waals surface area contributed by atoms with Gasteiger partial charge in [-0.1, -0.05) is 11.6 Å². The summed E-state index contributed by atoms with van der Waals surface area (Å²) in [5.74, 6) is -0.755. The minimum atomic E-state index is -0.701. The highest BCUT2D eigenvalue weighted by Gasteiger charge is 2.16. The lowest BCUT2D eigenvalue weighted by Crippen LogP contribution is -1.98. The molecule has 0 atom stereocenters. The lowest BCUT2D eigenvalue weighted by Gasteiger charge is -2.09. The van der Waals surface area contributed by atoms with Crippen LogP contribution >= 0.6 is 11.6 Å². The maximum Gasteiger partial charge on any atom is 0.184 e. The molecule has 0 aliphatic heterocycles. The standard InChI is InChI=1S/C14H8ClFN4O/c15-13-9(1-2-11(14(13)16)21-6-3-17)10-7-19-12-8-18-4-5-20(10)12/h1-2,4-5,7-8H,6H2. The van der Waals surface area contributed by atoms with Gasteiger partial charge in [0.25, 0.3) is 0 Å². The number of rotatable bonds is 3. The molecule has 0 spiro atoms. The van der Waals surface area contributed by atoms with Crippen molar-refractivity contribution in [1.82, 2.24) is 14.4 Å². The SMILES string of the molecule is N#CCOc1ccc(-c2cnc3cnccn23)c(Cl)c1F. The first-order valence-electron chi connectivity index (χ1n) is 5.97. The molecule has 0 amide bonds. The number of hydrogen-bond donors (Lipinski definition) is 0. The molecule has 21 heavy (non-hydrogen) atoms. The highest BCUT2D eigenvalue weighted by molar-refractivity contribution is 6.33. The minimum absolute atomic E-state index is 0.0548. The molecule has 0 N–H and O–H groups in total. The molecular weight excluding hydrogens is 295 g/mol. The monoisotopic (exact) mass is 302 g/mol. The molecule has 0 saturated carbocycles. The van der Waals surface area contributed by atoms with E-state index >= 15 is 0 Å². The Bertz CT molecular complexity index is 856. The molecule has 0 bridgehead atoms. The first-order valence-corrected chi connectivity index (χ1v) is 6.35. The topological polar surface area (TPSA) is 63.2 Å². The quantitative estimate of drug-likeness (QED) is 0.746. The van der Waals surface area contributed by atoms with E-state index in [1.165, 1.54) is 6.07 Å². The van der Waals surface area contributed by atoms with Gasteiger partial charge >= 0.3 is 0 Å². The maximum absolute atomic E-state index is 14.2. The van der Waals surface area contributed by atoms with Crippen molar-refractivity contribution in [3.05, 3.63) is 47.8 Å². The second kappa shape index (κ2) is 5.38. The van der Waals surface area contributed by atoms with Gasteiger partial charge in [-0.25, -0.2) is 9.37 Å². The van der Waals surface area contributed by atoms with Crippen molar-refractivity contribution < 1.29 is 9.13 Å². The Kier molecular flexibility index (Phi) is 3.42. The largest absolute Gasteiger partial charge is 0.476 e. The van der Waals surface area contributed by atoms with E-state index in [0.29, 0.717) is 16.9 Å². The summed E-state index contributed by atoms with van der Waals surface area (Å²) in [6, 6.07) is 4.84. The van der Waals surface area contributed by atoms with Gasteiger partial charge in [0, 0.05) is 18.0 Å². The molecule has 0 unspecified atom stereocenters. The lowest BCUT2D eigenvalue weighted by molar-refractivity contribution is 0.346. The zero-order valence-electron chi connectivity index (χ0n) is 10.6. The van der Waals surface area contributed by atoms with E-state index in [1.807, 2.05) is 0 Å². The summed E-state index contributed by atoms with van der Waals surface area (Å²) in [4.78, 5) is 8.15. The van der Waals surface area contributed by atoms with Gasteiger partial charge in [0.2, 0.25) is 0 Å². The van der Waals surface area contributed by atoms with Crippen LogP contribution in [0.4, 0.5) is 4.39 Å². The smallest absolute Gasteiger partial charge is 0.184 e. The molecule has 0 aliphatic rings. The molecule has 7 heteroatoms. The van der Waals surface area contributed by atoms with Crippen molar-refractivity contribution in [3.8, 4) is 23.1 Å². The first kappa shape index (κ1) is 13.3. The highest BCUT2D eigenvalue weighted by atomic mass is 35.5. The van der Waals surface area contributed by atoms with Crippen LogP contribution < -0.4 is 4.74 Å². The van der Waals surface area contributed by atoms with E-state index in [1.54, 1.807) is 41.3 Å². The average molecular weight is 303 g/mol. The third-order valence-corrected chi connectivity index (χ3v) is 3.30. The summed E-state index contributed by atoms with van der Waals surface area (Å²) in [6.07, 6.45) is 6.50.